The van der Waals surface area contributed by atoms with Crippen LogP contribution in [0.5, 0.6) is 11.5 Å². The van der Waals surface area contributed by atoms with Crippen molar-refractivity contribution in [3.8, 4) is 22.8 Å². The number of carbonyl (C=O) groups excluding carboxylic acids is 5. The van der Waals surface area contributed by atoms with Crippen LogP contribution in [-0.2, 0) is 16.1 Å². The minimum Gasteiger partial charge on any atom is -0.457 e. The zero-order valence-electron chi connectivity index (χ0n) is 35.7. The third-order valence-corrected chi connectivity index (χ3v) is 11.8. The Morgan fingerprint density at radius 3 is 2.31 bits per heavy atom. The van der Waals surface area contributed by atoms with Gasteiger partial charge >= 0.3 is 6.03 Å². The number of anilines is 3. The molecule has 8 rings (SSSR count). The van der Waals surface area contributed by atoms with E-state index in [1.807, 2.05) is 76.1 Å². The summed E-state index contributed by atoms with van der Waals surface area (Å²) >= 11 is 0. The first kappa shape index (κ1) is 43.3. The average Bonchev–Trinajstić information content (AvgIpc) is 3.71. The fourth-order valence-electron chi connectivity index (χ4n) is 8.40. The number of hydrogen-bond donors (Lipinski definition) is 5. The lowest BCUT2D eigenvalue weighted by Crippen LogP contribution is -2.49. The maximum Gasteiger partial charge on any atom is 0.328 e. The summed E-state index contributed by atoms with van der Waals surface area (Å²) < 4.78 is 7.91. The quantitative estimate of drug-likeness (QED) is 0.0857. The van der Waals surface area contributed by atoms with E-state index in [-0.39, 0.29) is 42.6 Å². The number of aromatic nitrogens is 4. The van der Waals surface area contributed by atoms with Crippen molar-refractivity contribution in [1.82, 2.24) is 40.2 Å². The molecule has 0 unspecified atom stereocenters. The van der Waals surface area contributed by atoms with Crippen molar-refractivity contribution in [3.05, 3.63) is 108 Å². The first-order valence-electron chi connectivity index (χ1n) is 21.6. The molecule has 0 radical (unpaired) electrons. The minimum absolute atomic E-state index is 0.0679. The number of imide groups is 1. The Labute approximate surface area is 370 Å². The van der Waals surface area contributed by atoms with Crippen LogP contribution in [0, 0.1) is 5.92 Å². The van der Waals surface area contributed by atoms with Crippen LogP contribution < -0.4 is 36.6 Å². The number of nitrogens with zero attached hydrogens (tertiary/aromatic N) is 7. The van der Waals surface area contributed by atoms with E-state index in [0.29, 0.717) is 97.8 Å². The Bertz CT molecular complexity index is 2450. The maximum atomic E-state index is 13.3. The first-order valence-corrected chi connectivity index (χ1v) is 21.6. The Kier molecular flexibility index (Phi) is 13.4. The number of para-hydroxylation sites is 1. The van der Waals surface area contributed by atoms with Gasteiger partial charge in [-0.1, -0.05) is 18.2 Å². The molecule has 18 nitrogen and oxygen atoms in total. The van der Waals surface area contributed by atoms with Crippen LogP contribution in [0.2, 0.25) is 0 Å². The van der Waals surface area contributed by atoms with Crippen molar-refractivity contribution in [2.24, 2.45) is 11.7 Å². The molecule has 5 heterocycles. The fourth-order valence-corrected chi connectivity index (χ4v) is 8.40. The van der Waals surface area contributed by atoms with Gasteiger partial charge in [-0.15, -0.1) is 0 Å². The summed E-state index contributed by atoms with van der Waals surface area (Å²) in [6.45, 7) is 4.15. The molecule has 332 valence electrons. The standard InChI is InChI=1S/C46H52N12O6/c1-55(29-38-51-27-33(28-52-38)48-21-22-50-45(62)32-7-11-34(12-8-32)57-26-18-39(59)53-46(57)63)23-19-40(60)56-24-16-30(17-25-56)37-15-20-49-44-41(43(47)61)42(54-58(37)44)31-9-13-36(14-10-31)64-35-5-3-2-4-6-35/h2-14,27-28,30,37,48-49H,15-26,29H2,1H3,(H2,47,61)(H,50,62)(H,53,59,63)/t37-/m0/s1. The Hall–Kier alpha value is -7.34. The van der Waals surface area contributed by atoms with E-state index in [1.165, 1.54) is 4.90 Å². The Morgan fingerprint density at radius 1 is 0.891 bits per heavy atom. The van der Waals surface area contributed by atoms with E-state index in [4.69, 9.17) is 15.6 Å². The number of nitrogens with one attached hydrogen (secondary N) is 4. The van der Waals surface area contributed by atoms with E-state index < -0.39 is 11.9 Å². The highest BCUT2D eigenvalue weighted by atomic mass is 16.5. The van der Waals surface area contributed by atoms with Crippen LogP contribution in [0.1, 0.15) is 64.7 Å². The van der Waals surface area contributed by atoms with Gasteiger partial charge in [-0.25, -0.2) is 19.4 Å². The van der Waals surface area contributed by atoms with E-state index >= 15 is 0 Å². The molecule has 5 aromatic rings. The molecule has 2 saturated heterocycles. The van der Waals surface area contributed by atoms with Crippen LogP contribution in [0.15, 0.2) is 91.3 Å². The molecule has 1 atom stereocenters. The Balaban J connectivity index is 0.755. The van der Waals surface area contributed by atoms with E-state index in [1.54, 1.807) is 36.7 Å². The number of piperidine rings is 1. The lowest BCUT2D eigenvalue weighted by atomic mass is 9.86. The summed E-state index contributed by atoms with van der Waals surface area (Å²) in [7, 11) is 1.94. The molecule has 6 amide bonds. The van der Waals surface area contributed by atoms with E-state index in [0.717, 1.165) is 30.6 Å². The van der Waals surface area contributed by atoms with Crippen molar-refractivity contribution < 1.29 is 28.7 Å². The second kappa shape index (κ2) is 19.8. The average molecular weight is 869 g/mol. The van der Waals surface area contributed by atoms with Gasteiger partial charge < -0.3 is 31.3 Å². The highest BCUT2D eigenvalue weighted by molar-refractivity contribution is 6.06. The monoisotopic (exact) mass is 868 g/mol. The summed E-state index contributed by atoms with van der Waals surface area (Å²) in [5.41, 5.74) is 9.41. The second-order valence-electron chi connectivity index (χ2n) is 16.2. The predicted octanol–water partition coefficient (Wildman–Crippen LogP) is 4.64. The topological polar surface area (TPSA) is 222 Å². The molecule has 0 spiro atoms. The molecule has 3 aromatic carbocycles. The number of ether oxygens (including phenoxy) is 1. The lowest BCUT2D eigenvalue weighted by molar-refractivity contribution is -0.133. The SMILES string of the molecule is CN(CCC(=O)N1CCC([C@@H]2CCNc3c(C(N)=O)c(-c4ccc(Oc5ccccc5)cc4)nn32)CC1)Cc1ncc(NCCNC(=O)c2ccc(N3CCC(=O)NC3=O)cc2)cn1. The smallest absolute Gasteiger partial charge is 0.328 e. The summed E-state index contributed by atoms with van der Waals surface area (Å²) in [6.07, 6.45) is 6.51. The molecular formula is C46H52N12O6. The molecule has 18 heteroatoms. The predicted molar refractivity (Wildman–Crippen MR) is 240 cm³/mol. The number of carbonyl (C=O) groups is 5. The molecule has 3 aliphatic heterocycles. The third-order valence-electron chi connectivity index (χ3n) is 11.8. The number of likely N-dealkylation sites (tertiary alicyclic amines) is 1. The van der Waals surface area contributed by atoms with Gasteiger partial charge in [0.25, 0.3) is 11.8 Å². The van der Waals surface area contributed by atoms with Crippen molar-refractivity contribution in [3.63, 3.8) is 0 Å². The second-order valence-corrected chi connectivity index (χ2v) is 16.2. The summed E-state index contributed by atoms with van der Waals surface area (Å²) in [5, 5.41) is 16.7. The number of primary amides is 1. The summed E-state index contributed by atoms with van der Waals surface area (Å²) in [6, 6.07) is 23.3. The van der Waals surface area contributed by atoms with Gasteiger partial charge in [0.1, 0.15) is 34.4 Å². The number of urea groups is 1. The molecule has 0 saturated carbocycles. The number of amides is 6. The number of nitrogens with two attached hydrogens (primary N) is 1. The first-order chi connectivity index (χ1) is 31.1. The highest BCUT2D eigenvalue weighted by Gasteiger charge is 2.36. The van der Waals surface area contributed by atoms with Gasteiger partial charge in [-0.2, -0.15) is 5.10 Å². The third kappa shape index (κ3) is 10.3. The van der Waals surface area contributed by atoms with Gasteiger partial charge in [0.05, 0.1) is 30.7 Å². The molecule has 64 heavy (non-hydrogen) atoms. The fraction of sp³-hybridized carbons (Fsp3) is 0.348. The van der Waals surface area contributed by atoms with Crippen LogP contribution in [0.4, 0.5) is 22.0 Å². The van der Waals surface area contributed by atoms with Gasteiger partial charge in [0.15, 0.2) is 0 Å². The largest absolute Gasteiger partial charge is 0.457 e. The van der Waals surface area contributed by atoms with Gasteiger partial charge in [0.2, 0.25) is 11.8 Å². The molecule has 0 bridgehead atoms. The van der Waals surface area contributed by atoms with Crippen molar-refractivity contribution in [2.45, 2.75) is 44.7 Å². The lowest BCUT2D eigenvalue weighted by Gasteiger charge is -2.38. The molecule has 2 fully saturated rings. The molecule has 2 aromatic heterocycles. The highest BCUT2D eigenvalue weighted by Crippen LogP contribution is 2.40. The number of fused-ring (bicyclic) bond motifs is 1. The van der Waals surface area contributed by atoms with Crippen molar-refractivity contribution >= 4 is 46.9 Å². The van der Waals surface area contributed by atoms with Gasteiger partial charge in [0, 0.05) is 75.5 Å². The molecule has 3 aliphatic rings. The van der Waals surface area contributed by atoms with Gasteiger partial charge in [-0.05, 0) is 92.9 Å². The molecule has 0 aliphatic carbocycles. The van der Waals surface area contributed by atoms with Crippen LogP contribution in [0.3, 0.4) is 0 Å². The molecule has 6 N–H and O–H groups in total. The van der Waals surface area contributed by atoms with Crippen molar-refractivity contribution in [2.75, 3.05) is 68.4 Å². The van der Waals surface area contributed by atoms with Crippen molar-refractivity contribution in [1.29, 1.82) is 0 Å². The number of benzene rings is 3. The summed E-state index contributed by atoms with van der Waals surface area (Å²) in [4.78, 5) is 76.7. The van der Waals surface area contributed by atoms with Crippen LogP contribution in [0.25, 0.3) is 11.3 Å². The number of rotatable bonds is 16. The zero-order chi connectivity index (χ0) is 44.6. The zero-order valence-corrected chi connectivity index (χ0v) is 35.7. The van der Waals surface area contributed by atoms with Crippen LogP contribution in [-0.4, -0.2) is 112 Å². The Morgan fingerprint density at radius 2 is 1.61 bits per heavy atom. The minimum atomic E-state index is -0.537. The van der Waals surface area contributed by atoms with E-state index in [2.05, 4.69) is 31.2 Å². The van der Waals surface area contributed by atoms with Crippen LogP contribution >= 0.6 is 0 Å². The summed E-state index contributed by atoms with van der Waals surface area (Å²) in [5.74, 6) is 1.99. The normalized spacial score (nSPS) is 16.4. The van der Waals surface area contributed by atoms with E-state index in [9.17, 15) is 24.0 Å². The molecular weight excluding hydrogens is 817 g/mol. The number of hydrogen-bond acceptors (Lipinski definition) is 12. The maximum absolute atomic E-state index is 13.3. The van der Waals surface area contributed by atoms with Gasteiger partial charge in [-0.3, -0.25) is 34.3 Å².